The van der Waals surface area contributed by atoms with E-state index < -0.39 is 0 Å². The molecule has 0 bridgehead atoms. The van der Waals surface area contributed by atoms with E-state index in [1.807, 2.05) is 32.0 Å². The summed E-state index contributed by atoms with van der Waals surface area (Å²) in [4.78, 5) is 8.43. The molecule has 6 N–H and O–H groups in total. The normalized spacial score (nSPS) is 12.0. The summed E-state index contributed by atoms with van der Waals surface area (Å²) in [5, 5.41) is 0. The van der Waals surface area contributed by atoms with Crippen molar-refractivity contribution in [3.05, 3.63) is 58.2 Å². The highest BCUT2D eigenvalue weighted by atomic mass is 16.5. The number of nitrogens with two attached hydrogens (primary N) is 3. The second kappa shape index (κ2) is 8.34. The molecule has 134 valence electrons. The van der Waals surface area contributed by atoms with Crippen molar-refractivity contribution in [3.63, 3.8) is 0 Å². The average Bonchev–Trinajstić information content (AvgIpc) is 2.50. The number of aryl methyl sites for hydroxylation is 2. The summed E-state index contributed by atoms with van der Waals surface area (Å²) in [5.74, 6) is 1.55. The van der Waals surface area contributed by atoms with Gasteiger partial charge in [-0.25, -0.2) is 9.97 Å². The van der Waals surface area contributed by atoms with Gasteiger partial charge in [-0.05, 0) is 56.2 Å². The molecule has 7 heteroatoms. The van der Waals surface area contributed by atoms with Crippen LogP contribution in [-0.4, -0.2) is 16.6 Å². The van der Waals surface area contributed by atoms with Crippen LogP contribution in [0.15, 0.2) is 35.7 Å². The maximum atomic E-state index is 6.00. The van der Waals surface area contributed by atoms with Crippen LogP contribution in [0.4, 0.5) is 11.6 Å². The van der Waals surface area contributed by atoms with Gasteiger partial charge in [-0.15, -0.1) is 0 Å². The predicted molar refractivity (Wildman–Crippen MR) is 98.1 cm³/mol. The molecule has 0 spiro atoms. The van der Waals surface area contributed by atoms with Crippen LogP contribution in [0.25, 0.3) is 0 Å². The molecule has 25 heavy (non-hydrogen) atoms. The van der Waals surface area contributed by atoms with Crippen molar-refractivity contribution in [3.8, 4) is 0 Å². The third-order valence-corrected chi connectivity index (χ3v) is 3.48. The van der Waals surface area contributed by atoms with E-state index in [0.29, 0.717) is 36.3 Å². The molecule has 0 saturated carbocycles. The van der Waals surface area contributed by atoms with Gasteiger partial charge < -0.3 is 26.7 Å². The molecular formula is C18H25N5O2. The minimum Gasteiger partial charge on any atom is -0.490 e. The number of aromatic nitrogens is 2. The largest absolute Gasteiger partial charge is 0.490 e. The molecule has 2 heterocycles. The standard InChI is InChI=1S/C18H25N5O2/c1-11-4-14(22-17(20)6-11)8-24-10-16(19)13(3)25-9-15-5-12(2)7-18(21)23-15/h4-7H,8-10,19H2,1-3H3,(H2,20,22)(H2,21,23)/b16-13-. The third-order valence-electron chi connectivity index (χ3n) is 3.48. The predicted octanol–water partition coefficient (Wildman–Crippen LogP) is 2.18. The fourth-order valence-electron chi connectivity index (χ4n) is 2.33. The number of nitrogens with zero attached hydrogens (tertiary/aromatic N) is 2. The number of hydrogen-bond donors (Lipinski definition) is 3. The molecule has 7 nitrogen and oxygen atoms in total. The maximum Gasteiger partial charge on any atom is 0.130 e. The molecule has 0 aliphatic rings. The molecule has 0 atom stereocenters. The van der Waals surface area contributed by atoms with Gasteiger partial charge in [0, 0.05) is 0 Å². The Morgan fingerprint density at radius 3 is 1.96 bits per heavy atom. The van der Waals surface area contributed by atoms with Crippen LogP contribution in [0.1, 0.15) is 29.4 Å². The van der Waals surface area contributed by atoms with Gasteiger partial charge in [0.25, 0.3) is 0 Å². The van der Waals surface area contributed by atoms with Crippen molar-refractivity contribution in [2.45, 2.75) is 34.0 Å². The lowest BCUT2D eigenvalue weighted by molar-refractivity contribution is 0.129. The monoisotopic (exact) mass is 343 g/mol. The number of pyridine rings is 2. The van der Waals surface area contributed by atoms with E-state index in [-0.39, 0.29) is 6.61 Å². The molecule has 2 aromatic heterocycles. The van der Waals surface area contributed by atoms with E-state index in [1.165, 1.54) is 0 Å². The first-order valence-electron chi connectivity index (χ1n) is 7.95. The van der Waals surface area contributed by atoms with E-state index in [2.05, 4.69) is 9.97 Å². The highest BCUT2D eigenvalue weighted by Crippen LogP contribution is 2.11. The Labute approximate surface area is 147 Å². The fraction of sp³-hybridized carbons (Fsp3) is 0.333. The zero-order valence-electron chi connectivity index (χ0n) is 14.9. The van der Waals surface area contributed by atoms with Crippen LogP contribution < -0.4 is 17.2 Å². The van der Waals surface area contributed by atoms with E-state index in [9.17, 15) is 0 Å². The minimum absolute atomic E-state index is 0.241. The lowest BCUT2D eigenvalue weighted by atomic mass is 10.2. The van der Waals surface area contributed by atoms with Gasteiger partial charge in [0.15, 0.2) is 0 Å². The first-order valence-corrected chi connectivity index (χ1v) is 7.95. The van der Waals surface area contributed by atoms with Gasteiger partial charge >= 0.3 is 0 Å². The van der Waals surface area contributed by atoms with Gasteiger partial charge in [-0.2, -0.15) is 0 Å². The molecule has 2 aromatic rings. The minimum atomic E-state index is 0.241. The zero-order chi connectivity index (χ0) is 18.4. The molecule has 0 radical (unpaired) electrons. The Morgan fingerprint density at radius 1 is 0.920 bits per heavy atom. The van der Waals surface area contributed by atoms with Crippen LogP contribution in [0.5, 0.6) is 0 Å². The van der Waals surface area contributed by atoms with Crippen molar-refractivity contribution < 1.29 is 9.47 Å². The first-order chi connectivity index (χ1) is 11.8. The SMILES string of the molecule is C/C(OCc1cc(C)cc(N)n1)=C(/N)COCc1cc(C)cc(N)n1. The molecule has 0 unspecified atom stereocenters. The number of anilines is 2. The van der Waals surface area contributed by atoms with Gasteiger partial charge in [-0.3, -0.25) is 0 Å². The van der Waals surface area contributed by atoms with Crippen molar-refractivity contribution in [1.29, 1.82) is 0 Å². The summed E-state index contributed by atoms with van der Waals surface area (Å²) in [5.41, 5.74) is 21.6. The topological polar surface area (TPSA) is 122 Å². The Morgan fingerprint density at radius 2 is 1.44 bits per heavy atom. The highest BCUT2D eigenvalue weighted by molar-refractivity contribution is 5.34. The average molecular weight is 343 g/mol. The number of rotatable bonds is 7. The lowest BCUT2D eigenvalue weighted by Gasteiger charge is -2.11. The Kier molecular flexibility index (Phi) is 6.19. The van der Waals surface area contributed by atoms with Gasteiger partial charge in [-0.1, -0.05) is 0 Å². The lowest BCUT2D eigenvalue weighted by Crippen LogP contribution is -2.12. The molecule has 0 aliphatic heterocycles. The van der Waals surface area contributed by atoms with E-state index in [1.54, 1.807) is 13.0 Å². The van der Waals surface area contributed by atoms with Crippen molar-refractivity contribution >= 4 is 11.6 Å². The number of allylic oxidation sites excluding steroid dienone is 1. The number of nitrogen functional groups attached to an aromatic ring is 2. The Bertz CT molecular complexity index is 734. The molecule has 0 amide bonds. The second-order valence-corrected chi connectivity index (χ2v) is 5.98. The van der Waals surface area contributed by atoms with E-state index in [4.69, 9.17) is 26.7 Å². The van der Waals surface area contributed by atoms with Crippen LogP contribution >= 0.6 is 0 Å². The summed E-state index contributed by atoms with van der Waals surface area (Å²) in [6.45, 7) is 6.58. The van der Waals surface area contributed by atoms with Crippen molar-refractivity contribution in [1.82, 2.24) is 9.97 Å². The van der Waals surface area contributed by atoms with Gasteiger partial charge in [0.1, 0.15) is 24.0 Å². The number of hydrogen-bond acceptors (Lipinski definition) is 7. The molecule has 2 rings (SSSR count). The van der Waals surface area contributed by atoms with Crippen LogP contribution in [0, 0.1) is 13.8 Å². The summed E-state index contributed by atoms with van der Waals surface area (Å²) >= 11 is 0. The van der Waals surface area contributed by atoms with Gasteiger partial charge in [0.2, 0.25) is 0 Å². The summed E-state index contributed by atoms with van der Waals surface area (Å²) in [6, 6.07) is 7.46. The quantitative estimate of drug-likeness (QED) is 0.658. The Hall–Kier alpha value is -2.80. The van der Waals surface area contributed by atoms with Crippen LogP contribution in [-0.2, 0) is 22.7 Å². The first kappa shape index (κ1) is 18.5. The highest BCUT2D eigenvalue weighted by Gasteiger charge is 2.05. The molecule has 0 fully saturated rings. The third kappa shape index (κ3) is 5.96. The number of ether oxygens (including phenoxy) is 2. The van der Waals surface area contributed by atoms with Crippen LogP contribution in [0.2, 0.25) is 0 Å². The van der Waals surface area contributed by atoms with Crippen LogP contribution in [0.3, 0.4) is 0 Å². The van der Waals surface area contributed by atoms with E-state index in [0.717, 1.165) is 22.5 Å². The summed E-state index contributed by atoms with van der Waals surface area (Å²) < 4.78 is 11.2. The molecule has 0 saturated heterocycles. The summed E-state index contributed by atoms with van der Waals surface area (Å²) in [7, 11) is 0. The second-order valence-electron chi connectivity index (χ2n) is 5.98. The maximum absolute atomic E-state index is 6.00. The molecular weight excluding hydrogens is 318 g/mol. The van der Waals surface area contributed by atoms with Gasteiger partial charge in [0.05, 0.1) is 30.3 Å². The molecule has 0 aromatic carbocycles. The smallest absolute Gasteiger partial charge is 0.130 e. The van der Waals surface area contributed by atoms with Crippen molar-refractivity contribution in [2.24, 2.45) is 5.73 Å². The fourth-order valence-corrected chi connectivity index (χ4v) is 2.33. The van der Waals surface area contributed by atoms with Crippen molar-refractivity contribution in [2.75, 3.05) is 18.1 Å². The zero-order valence-corrected chi connectivity index (χ0v) is 14.9. The summed E-state index contributed by atoms with van der Waals surface area (Å²) in [6.07, 6.45) is 0. The Balaban J connectivity index is 1.86. The van der Waals surface area contributed by atoms with E-state index >= 15 is 0 Å². The molecule has 0 aliphatic carbocycles.